The molecule has 0 aliphatic carbocycles. The van der Waals surface area contributed by atoms with E-state index < -0.39 is 6.04 Å². The second-order valence-electron chi connectivity index (χ2n) is 5.92. The molecule has 0 spiro atoms. The highest BCUT2D eigenvalue weighted by Gasteiger charge is 2.54. The van der Waals surface area contributed by atoms with Gasteiger partial charge in [0.2, 0.25) is 11.9 Å². The average Bonchev–Trinajstić information content (AvgIpc) is 2.91. The molecule has 1 unspecified atom stereocenters. The second-order valence-corrected chi connectivity index (χ2v) is 5.92. The molecule has 7 nitrogen and oxygen atoms in total. The van der Waals surface area contributed by atoms with Gasteiger partial charge < -0.3 is 0 Å². The van der Waals surface area contributed by atoms with E-state index in [9.17, 15) is 9.59 Å². The van der Waals surface area contributed by atoms with Gasteiger partial charge >= 0.3 is 12.0 Å². The number of imide groups is 1. The molecule has 2 aliphatic heterocycles. The summed E-state index contributed by atoms with van der Waals surface area (Å²) in [4.78, 5) is 33.9. The predicted molar refractivity (Wildman–Crippen MR) is 86.3 cm³/mol. The van der Waals surface area contributed by atoms with E-state index in [1.165, 1.54) is 11.9 Å². The summed E-state index contributed by atoms with van der Waals surface area (Å²) < 4.78 is 1.86. The fourth-order valence-electron chi connectivity index (χ4n) is 2.88. The van der Waals surface area contributed by atoms with Crippen LogP contribution in [0.5, 0.6) is 0 Å². The van der Waals surface area contributed by atoms with Crippen LogP contribution < -0.4 is 0 Å². The molecule has 23 heavy (non-hydrogen) atoms. The molecule has 1 aromatic rings. The standard InChI is InChI=1S/C16H20N5O2/c1-18(2)15-17-13-12(14(22)20(4)16(23)19(13)3)21(15)10-11-8-6-5-7-9-11/h5-9,12H,10H2,1-4H3/q+1. The zero-order valence-corrected chi connectivity index (χ0v) is 13.7. The number of urea groups is 1. The van der Waals surface area contributed by atoms with E-state index in [1.807, 2.05) is 53.9 Å². The molecule has 1 aromatic carbocycles. The number of carbonyl (C=O) groups is 2. The van der Waals surface area contributed by atoms with Gasteiger partial charge in [-0.25, -0.2) is 9.69 Å². The van der Waals surface area contributed by atoms with Gasteiger partial charge in [0.05, 0.1) is 20.6 Å². The quantitative estimate of drug-likeness (QED) is 0.744. The SMILES string of the molecule is CN1C(=O)C2C(=NC(=[N+](C)C)N2Cc2ccccc2)N(C)C1=O. The summed E-state index contributed by atoms with van der Waals surface area (Å²) >= 11 is 0. The van der Waals surface area contributed by atoms with Gasteiger partial charge in [0.1, 0.15) is 0 Å². The lowest BCUT2D eigenvalue weighted by atomic mass is 10.1. The van der Waals surface area contributed by atoms with Crippen molar-refractivity contribution in [1.82, 2.24) is 14.7 Å². The number of amides is 3. The molecule has 2 aliphatic rings. The third-order valence-electron chi connectivity index (χ3n) is 4.11. The van der Waals surface area contributed by atoms with Crippen LogP contribution >= 0.6 is 0 Å². The van der Waals surface area contributed by atoms with E-state index >= 15 is 0 Å². The Hall–Kier alpha value is -2.70. The van der Waals surface area contributed by atoms with Crippen molar-refractivity contribution in [3.05, 3.63) is 35.9 Å². The molecule has 120 valence electrons. The van der Waals surface area contributed by atoms with E-state index in [2.05, 4.69) is 4.99 Å². The molecule has 1 atom stereocenters. The molecule has 0 radical (unpaired) electrons. The Morgan fingerprint density at radius 1 is 1.09 bits per heavy atom. The zero-order chi connectivity index (χ0) is 16.7. The summed E-state index contributed by atoms with van der Waals surface area (Å²) in [7, 11) is 6.91. The molecule has 0 saturated carbocycles. The predicted octanol–water partition coefficient (Wildman–Crippen LogP) is 0.421. The minimum atomic E-state index is -0.569. The van der Waals surface area contributed by atoms with Crippen molar-refractivity contribution >= 4 is 23.7 Å². The van der Waals surface area contributed by atoms with Crippen LogP contribution in [0.1, 0.15) is 5.56 Å². The minimum absolute atomic E-state index is 0.250. The first-order valence-corrected chi connectivity index (χ1v) is 7.40. The first-order valence-electron chi connectivity index (χ1n) is 7.40. The van der Waals surface area contributed by atoms with Gasteiger partial charge in [0, 0.05) is 14.1 Å². The Balaban J connectivity index is 2.03. The van der Waals surface area contributed by atoms with E-state index in [0.717, 1.165) is 10.5 Å². The van der Waals surface area contributed by atoms with Gasteiger partial charge in [0.15, 0.2) is 0 Å². The lowest BCUT2D eigenvalue weighted by Crippen LogP contribution is -2.62. The molecule has 1 saturated heterocycles. The number of guanidine groups is 1. The first-order chi connectivity index (χ1) is 10.9. The largest absolute Gasteiger partial charge is 0.392 e. The maximum absolute atomic E-state index is 12.7. The summed E-state index contributed by atoms with van der Waals surface area (Å²) in [6, 6.07) is 8.98. The number of hydrogen-bond donors (Lipinski definition) is 0. The summed E-state index contributed by atoms with van der Waals surface area (Å²) in [6.45, 7) is 0.549. The summed E-state index contributed by atoms with van der Waals surface area (Å²) in [6.07, 6.45) is 0. The highest BCUT2D eigenvalue weighted by molar-refractivity contribution is 6.25. The van der Waals surface area contributed by atoms with Crippen molar-refractivity contribution in [2.45, 2.75) is 12.6 Å². The monoisotopic (exact) mass is 314 g/mol. The zero-order valence-electron chi connectivity index (χ0n) is 13.7. The number of fused-ring (bicyclic) bond motifs is 1. The summed E-state index contributed by atoms with van der Waals surface area (Å²) in [5.41, 5.74) is 1.08. The van der Waals surface area contributed by atoms with Gasteiger partial charge in [-0.15, -0.1) is 0 Å². The molecule has 2 heterocycles. The van der Waals surface area contributed by atoms with E-state index in [0.29, 0.717) is 18.3 Å². The Morgan fingerprint density at radius 3 is 2.35 bits per heavy atom. The number of hydrogen-bond acceptors (Lipinski definition) is 2. The highest BCUT2D eigenvalue weighted by atomic mass is 16.2. The maximum Gasteiger partial charge on any atom is 0.392 e. The number of amidine groups is 1. The molecule has 0 aromatic heterocycles. The van der Waals surface area contributed by atoms with Crippen LogP contribution in [0.2, 0.25) is 0 Å². The first kappa shape index (κ1) is 15.2. The van der Waals surface area contributed by atoms with Crippen molar-refractivity contribution in [1.29, 1.82) is 0 Å². The minimum Gasteiger partial charge on any atom is -0.270 e. The molecular weight excluding hydrogens is 294 g/mol. The van der Waals surface area contributed by atoms with Crippen molar-refractivity contribution in [2.24, 2.45) is 4.99 Å². The maximum atomic E-state index is 12.7. The van der Waals surface area contributed by atoms with Crippen LogP contribution in [0.4, 0.5) is 4.79 Å². The van der Waals surface area contributed by atoms with E-state index in [-0.39, 0.29) is 11.9 Å². The molecule has 3 amide bonds. The third kappa shape index (κ3) is 2.38. The average molecular weight is 314 g/mol. The number of nitrogens with zero attached hydrogens (tertiary/aromatic N) is 5. The van der Waals surface area contributed by atoms with Crippen LogP contribution in [0.15, 0.2) is 35.3 Å². The number of likely N-dealkylation sites (N-methyl/N-ethyl adjacent to an activating group) is 2. The van der Waals surface area contributed by atoms with Gasteiger partial charge in [-0.1, -0.05) is 35.3 Å². The van der Waals surface area contributed by atoms with Gasteiger partial charge in [0.25, 0.3) is 5.91 Å². The topological polar surface area (TPSA) is 59.2 Å². The number of rotatable bonds is 2. The van der Waals surface area contributed by atoms with Crippen LogP contribution in [-0.2, 0) is 11.3 Å². The molecule has 1 fully saturated rings. The molecule has 0 bridgehead atoms. The van der Waals surface area contributed by atoms with Crippen molar-refractivity contribution in [2.75, 3.05) is 28.2 Å². The molecular formula is C16H20N5O2+. The van der Waals surface area contributed by atoms with Crippen LogP contribution in [0, 0.1) is 0 Å². The number of benzene rings is 1. The van der Waals surface area contributed by atoms with Gasteiger partial charge in [-0.05, 0) is 5.56 Å². The van der Waals surface area contributed by atoms with Crippen molar-refractivity contribution in [3.8, 4) is 0 Å². The molecule has 3 rings (SSSR count). The van der Waals surface area contributed by atoms with Crippen LogP contribution in [-0.4, -0.2) is 77.2 Å². The fraction of sp³-hybridized carbons (Fsp3) is 0.375. The second kappa shape index (κ2) is 5.49. The van der Waals surface area contributed by atoms with E-state index in [1.54, 1.807) is 7.05 Å². The Morgan fingerprint density at radius 2 is 1.74 bits per heavy atom. The smallest absolute Gasteiger partial charge is 0.270 e. The van der Waals surface area contributed by atoms with Crippen LogP contribution in [0.25, 0.3) is 0 Å². The normalized spacial score (nSPS) is 20.9. The lowest BCUT2D eigenvalue weighted by molar-refractivity contribution is -0.471. The molecule has 7 heteroatoms. The number of aliphatic imine (C=N–C) groups is 1. The Labute approximate surface area is 135 Å². The Bertz CT molecular complexity index is 721. The fourth-order valence-corrected chi connectivity index (χ4v) is 2.88. The van der Waals surface area contributed by atoms with Crippen molar-refractivity contribution in [3.63, 3.8) is 0 Å². The Kier molecular flexibility index (Phi) is 3.63. The summed E-state index contributed by atoms with van der Waals surface area (Å²) in [5, 5.41) is 0. The van der Waals surface area contributed by atoms with Gasteiger partial charge in [-0.3, -0.25) is 19.2 Å². The highest BCUT2D eigenvalue weighted by Crippen LogP contribution is 2.24. The molecule has 0 N–H and O–H groups in total. The van der Waals surface area contributed by atoms with Gasteiger partial charge in [-0.2, -0.15) is 0 Å². The summed E-state index contributed by atoms with van der Waals surface area (Å²) in [5.74, 6) is 0.912. The lowest BCUT2D eigenvalue weighted by Gasteiger charge is -2.33. The number of carbonyl (C=O) groups excluding carboxylic acids is 2. The van der Waals surface area contributed by atoms with E-state index in [4.69, 9.17) is 0 Å². The van der Waals surface area contributed by atoms with Crippen LogP contribution in [0.3, 0.4) is 0 Å². The van der Waals surface area contributed by atoms with Crippen molar-refractivity contribution < 1.29 is 14.2 Å². The third-order valence-corrected chi connectivity index (χ3v) is 4.11.